The molecule has 1 aromatic rings. The number of amides is 1. The normalized spacial score (nSPS) is 16.2. The topological polar surface area (TPSA) is 55.6 Å². The molecule has 0 aliphatic carbocycles. The van der Waals surface area contributed by atoms with E-state index in [-0.39, 0.29) is 5.91 Å². The van der Waals surface area contributed by atoms with Gasteiger partial charge in [-0.3, -0.25) is 4.79 Å². The van der Waals surface area contributed by atoms with Gasteiger partial charge in [0.25, 0.3) is 5.91 Å². The Labute approximate surface area is 108 Å². The average Bonchev–Trinajstić information content (AvgIpc) is 2.66. The number of likely N-dealkylation sites (tertiary alicyclic amines) is 1. The van der Waals surface area contributed by atoms with Crippen LogP contribution in [0.3, 0.4) is 0 Å². The average molecular weight is 248 g/mol. The molecular weight excluding hydrogens is 228 g/mol. The summed E-state index contributed by atoms with van der Waals surface area (Å²) < 4.78 is 5.24. The molecule has 1 heterocycles. The summed E-state index contributed by atoms with van der Waals surface area (Å²) in [6.07, 6.45) is 4.54. The highest BCUT2D eigenvalue weighted by atomic mass is 16.5. The van der Waals surface area contributed by atoms with Crippen molar-refractivity contribution in [2.75, 3.05) is 25.9 Å². The number of carbonyl (C=O) groups is 1. The van der Waals surface area contributed by atoms with E-state index >= 15 is 0 Å². The number of nitrogens with two attached hydrogens (primary N) is 1. The van der Waals surface area contributed by atoms with Crippen LogP contribution in [0.5, 0.6) is 5.75 Å². The summed E-state index contributed by atoms with van der Waals surface area (Å²) in [4.78, 5) is 14.4. The molecule has 4 nitrogen and oxygen atoms in total. The van der Waals surface area contributed by atoms with E-state index in [0.29, 0.717) is 17.0 Å². The maximum Gasteiger partial charge on any atom is 0.259 e. The van der Waals surface area contributed by atoms with E-state index in [0.717, 1.165) is 25.9 Å². The Morgan fingerprint density at radius 3 is 2.50 bits per heavy atom. The van der Waals surface area contributed by atoms with Gasteiger partial charge in [0.05, 0.1) is 7.11 Å². The molecule has 1 aliphatic heterocycles. The molecule has 1 aliphatic rings. The molecule has 1 fully saturated rings. The number of methoxy groups -OCH3 is 1. The summed E-state index contributed by atoms with van der Waals surface area (Å²) in [5.41, 5.74) is 6.91. The lowest BCUT2D eigenvalue weighted by Gasteiger charge is -2.22. The molecule has 0 aromatic heterocycles. The van der Waals surface area contributed by atoms with Crippen molar-refractivity contribution in [3.8, 4) is 5.75 Å². The number of benzene rings is 1. The zero-order valence-corrected chi connectivity index (χ0v) is 10.8. The van der Waals surface area contributed by atoms with Gasteiger partial charge in [0.2, 0.25) is 0 Å². The van der Waals surface area contributed by atoms with Gasteiger partial charge in [-0.05, 0) is 25.0 Å². The van der Waals surface area contributed by atoms with E-state index < -0.39 is 0 Å². The maximum absolute atomic E-state index is 12.5. The smallest absolute Gasteiger partial charge is 0.259 e. The summed E-state index contributed by atoms with van der Waals surface area (Å²) in [6.45, 7) is 1.63. The Hall–Kier alpha value is -1.71. The van der Waals surface area contributed by atoms with Gasteiger partial charge < -0.3 is 15.4 Å². The maximum atomic E-state index is 12.5. The zero-order chi connectivity index (χ0) is 13.0. The Morgan fingerprint density at radius 2 is 1.89 bits per heavy atom. The molecule has 0 radical (unpaired) electrons. The molecule has 98 valence electrons. The molecule has 2 N–H and O–H groups in total. The third-order valence-corrected chi connectivity index (χ3v) is 3.39. The highest BCUT2D eigenvalue weighted by Gasteiger charge is 2.22. The first-order chi connectivity index (χ1) is 8.74. The van der Waals surface area contributed by atoms with Crippen LogP contribution in [0.15, 0.2) is 18.2 Å². The van der Waals surface area contributed by atoms with Gasteiger partial charge >= 0.3 is 0 Å². The quantitative estimate of drug-likeness (QED) is 0.817. The Balaban J connectivity index is 2.27. The number of ether oxygens (including phenoxy) is 1. The standard InChI is InChI=1S/C14H20N2O2/c1-18-12-8-6-7-11(15)13(12)14(17)16-9-4-2-3-5-10-16/h6-8H,2-5,9-10,15H2,1H3. The number of nitrogen functional groups attached to an aromatic ring is 1. The van der Waals surface area contributed by atoms with Crippen LogP contribution >= 0.6 is 0 Å². The number of rotatable bonds is 2. The third-order valence-electron chi connectivity index (χ3n) is 3.39. The van der Waals surface area contributed by atoms with Gasteiger partial charge in [0, 0.05) is 18.8 Å². The first-order valence-electron chi connectivity index (χ1n) is 6.46. The van der Waals surface area contributed by atoms with E-state index in [1.165, 1.54) is 12.8 Å². The van der Waals surface area contributed by atoms with E-state index in [9.17, 15) is 4.79 Å². The summed E-state index contributed by atoms with van der Waals surface area (Å²) in [5, 5.41) is 0. The van der Waals surface area contributed by atoms with E-state index in [1.807, 2.05) is 4.90 Å². The van der Waals surface area contributed by atoms with Crippen molar-refractivity contribution in [2.24, 2.45) is 0 Å². The van der Waals surface area contributed by atoms with Crippen molar-refractivity contribution >= 4 is 11.6 Å². The lowest BCUT2D eigenvalue weighted by molar-refractivity contribution is 0.0759. The SMILES string of the molecule is COc1cccc(N)c1C(=O)N1CCCCCC1. The highest BCUT2D eigenvalue weighted by Crippen LogP contribution is 2.26. The largest absolute Gasteiger partial charge is 0.496 e. The number of hydrogen-bond donors (Lipinski definition) is 1. The van der Waals surface area contributed by atoms with Crippen molar-refractivity contribution in [3.05, 3.63) is 23.8 Å². The van der Waals surface area contributed by atoms with Gasteiger partial charge in [-0.1, -0.05) is 18.9 Å². The summed E-state index contributed by atoms with van der Waals surface area (Å²) in [5.74, 6) is 0.552. The molecular formula is C14H20N2O2. The zero-order valence-electron chi connectivity index (χ0n) is 10.8. The van der Waals surface area contributed by atoms with Crippen molar-refractivity contribution in [1.29, 1.82) is 0 Å². The minimum atomic E-state index is -0.00755. The van der Waals surface area contributed by atoms with Crippen molar-refractivity contribution in [1.82, 2.24) is 4.90 Å². The monoisotopic (exact) mass is 248 g/mol. The van der Waals surface area contributed by atoms with Gasteiger partial charge in [0.1, 0.15) is 11.3 Å². The molecule has 4 heteroatoms. The minimum Gasteiger partial charge on any atom is -0.496 e. The fourth-order valence-corrected chi connectivity index (χ4v) is 2.38. The molecule has 0 saturated carbocycles. The van der Waals surface area contributed by atoms with Gasteiger partial charge in [-0.25, -0.2) is 0 Å². The van der Waals surface area contributed by atoms with Gasteiger partial charge in [-0.2, -0.15) is 0 Å². The van der Waals surface area contributed by atoms with Crippen LogP contribution in [0, 0.1) is 0 Å². The highest BCUT2D eigenvalue weighted by molar-refractivity contribution is 6.01. The lowest BCUT2D eigenvalue weighted by Crippen LogP contribution is -2.32. The van der Waals surface area contributed by atoms with Crippen LogP contribution < -0.4 is 10.5 Å². The Kier molecular flexibility index (Phi) is 4.07. The lowest BCUT2D eigenvalue weighted by atomic mass is 10.1. The second-order valence-electron chi connectivity index (χ2n) is 4.63. The van der Waals surface area contributed by atoms with Crippen molar-refractivity contribution in [3.63, 3.8) is 0 Å². The molecule has 0 atom stereocenters. The predicted molar refractivity (Wildman–Crippen MR) is 71.8 cm³/mol. The summed E-state index contributed by atoms with van der Waals surface area (Å²) >= 11 is 0. The van der Waals surface area contributed by atoms with Crippen LogP contribution in [-0.4, -0.2) is 31.0 Å². The molecule has 0 bridgehead atoms. The first kappa shape index (κ1) is 12.7. The number of hydrogen-bond acceptors (Lipinski definition) is 3. The van der Waals surface area contributed by atoms with Gasteiger partial charge in [-0.15, -0.1) is 0 Å². The molecule has 2 rings (SSSR count). The number of anilines is 1. The van der Waals surface area contributed by atoms with Crippen LogP contribution in [0.2, 0.25) is 0 Å². The molecule has 1 amide bonds. The predicted octanol–water partition coefficient (Wildman–Crippen LogP) is 2.29. The Morgan fingerprint density at radius 1 is 1.22 bits per heavy atom. The summed E-state index contributed by atoms with van der Waals surface area (Å²) in [6, 6.07) is 5.32. The second-order valence-corrected chi connectivity index (χ2v) is 4.63. The molecule has 0 spiro atoms. The van der Waals surface area contributed by atoms with E-state index in [1.54, 1.807) is 25.3 Å². The Bertz CT molecular complexity index is 424. The van der Waals surface area contributed by atoms with Crippen molar-refractivity contribution in [2.45, 2.75) is 25.7 Å². The number of carbonyl (C=O) groups excluding carboxylic acids is 1. The van der Waals surface area contributed by atoms with Gasteiger partial charge in [0.15, 0.2) is 0 Å². The van der Waals surface area contributed by atoms with Crippen molar-refractivity contribution < 1.29 is 9.53 Å². The molecule has 18 heavy (non-hydrogen) atoms. The first-order valence-corrected chi connectivity index (χ1v) is 6.46. The molecule has 1 saturated heterocycles. The summed E-state index contributed by atoms with van der Waals surface area (Å²) in [7, 11) is 1.56. The van der Waals surface area contributed by atoms with Crippen LogP contribution in [0.1, 0.15) is 36.0 Å². The van der Waals surface area contributed by atoms with Crippen LogP contribution in [0.4, 0.5) is 5.69 Å². The molecule has 0 unspecified atom stereocenters. The molecule has 1 aromatic carbocycles. The van der Waals surface area contributed by atoms with E-state index in [2.05, 4.69) is 0 Å². The minimum absolute atomic E-state index is 0.00755. The van der Waals surface area contributed by atoms with Crippen LogP contribution in [0.25, 0.3) is 0 Å². The fraction of sp³-hybridized carbons (Fsp3) is 0.500. The number of nitrogens with zero attached hydrogens (tertiary/aromatic N) is 1. The third kappa shape index (κ3) is 2.58. The fourth-order valence-electron chi connectivity index (χ4n) is 2.38. The van der Waals surface area contributed by atoms with Crippen LogP contribution in [-0.2, 0) is 0 Å². The van der Waals surface area contributed by atoms with E-state index in [4.69, 9.17) is 10.5 Å². The second kappa shape index (κ2) is 5.76.